The fourth-order valence-electron chi connectivity index (χ4n) is 4.99. The Balaban J connectivity index is 1.35. The van der Waals surface area contributed by atoms with Gasteiger partial charge in [-0.1, -0.05) is 60.7 Å². The smallest absolute Gasteiger partial charge is 0.293 e. The molecule has 1 atom stereocenters. The van der Waals surface area contributed by atoms with Crippen LogP contribution in [0.3, 0.4) is 0 Å². The van der Waals surface area contributed by atoms with E-state index < -0.39 is 0 Å². The number of hydrogen-bond donors (Lipinski definition) is 2. The monoisotopic (exact) mass is 524 g/mol. The van der Waals surface area contributed by atoms with E-state index in [4.69, 9.17) is 14.2 Å². The van der Waals surface area contributed by atoms with Crippen LogP contribution in [-0.2, 0) is 22.5 Å². The minimum absolute atomic E-state index is 0.221. The first kappa shape index (κ1) is 26.1. The lowest BCUT2D eigenvalue weighted by atomic mass is 10.0. The molecule has 0 saturated heterocycles. The summed E-state index contributed by atoms with van der Waals surface area (Å²) in [5.41, 5.74) is 4.26. The van der Waals surface area contributed by atoms with Gasteiger partial charge in [0.1, 0.15) is 18.5 Å². The molecule has 0 aliphatic rings. The summed E-state index contributed by atoms with van der Waals surface area (Å²) in [5.74, 6) is 1.57. The van der Waals surface area contributed by atoms with Crippen LogP contribution in [0.15, 0.2) is 91.0 Å². The summed E-state index contributed by atoms with van der Waals surface area (Å²) in [7, 11) is 1.62. The van der Waals surface area contributed by atoms with Crippen molar-refractivity contribution in [1.29, 1.82) is 0 Å². The predicted octanol–water partition coefficient (Wildman–Crippen LogP) is 5.70. The summed E-state index contributed by atoms with van der Waals surface area (Å²) in [4.78, 5) is 17.3. The Labute approximate surface area is 227 Å². The molecule has 200 valence electrons. The molecule has 5 rings (SSSR count). The lowest BCUT2D eigenvalue weighted by molar-refractivity contribution is -0.134. The molecule has 0 aliphatic carbocycles. The number of carbonyl (C=O) groups excluding carboxylic acids is 1. The molecule has 39 heavy (non-hydrogen) atoms. The van der Waals surface area contributed by atoms with Gasteiger partial charge in [-0.15, -0.1) is 0 Å². The van der Waals surface area contributed by atoms with Gasteiger partial charge >= 0.3 is 0 Å². The SMILES string of the molecule is COc1ccccc1OCCN(Cc1ccc(O)cc1)CC(Cc1cccc2c1[nH]c1ccccc12)OC=O. The van der Waals surface area contributed by atoms with Crippen molar-refractivity contribution in [3.63, 3.8) is 0 Å². The highest BCUT2D eigenvalue weighted by atomic mass is 16.5. The molecule has 4 aromatic carbocycles. The molecule has 0 radical (unpaired) electrons. The maximum absolute atomic E-state index is 11.5. The van der Waals surface area contributed by atoms with E-state index in [1.165, 1.54) is 5.39 Å². The van der Waals surface area contributed by atoms with Crippen molar-refractivity contribution in [2.24, 2.45) is 0 Å². The molecule has 1 aromatic heterocycles. The van der Waals surface area contributed by atoms with Gasteiger partial charge in [0.2, 0.25) is 0 Å². The standard InChI is InChI=1S/C32H32N2O5/c1-37-30-11-4-5-12-31(30)38-18-17-34(20-23-13-15-25(36)16-14-23)21-26(39-22-35)19-24-7-6-9-28-27-8-2-3-10-29(27)33-32(24)28/h2-16,22,26,33,36H,17-21H2,1H3. The maximum atomic E-state index is 11.5. The van der Waals surface area contributed by atoms with Gasteiger partial charge in [-0.3, -0.25) is 9.69 Å². The van der Waals surface area contributed by atoms with E-state index in [1.807, 2.05) is 54.6 Å². The summed E-state index contributed by atoms with van der Waals surface area (Å²) in [5, 5.41) is 12.0. The van der Waals surface area contributed by atoms with E-state index >= 15 is 0 Å². The molecule has 0 spiro atoms. The molecule has 0 aliphatic heterocycles. The van der Waals surface area contributed by atoms with E-state index in [0.717, 1.165) is 27.5 Å². The van der Waals surface area contributed by atoms with E-state index in [9.17, 15) is 9.90 Å². The van der Waals surface area contributed by atoms with Gasteiger partial charge in [0, 0.05) is 47.9 Å². The lowest BCUT2D eigenvalue weighted by Gasteiger charge is -2.27. The first-order valence-corrected chi connectivity index (χ1v) is 13.0. The zero-order valence-electron chi connectivity index (χ0n) is 21.9. The third-order valence-corrected chi connectivity index (χ3v) is 6.86. The Morgan fingerprint density at radius 2 is 1.64 bits per heavy atom. The van der Waals surface area contributed by atoms with Crippen molar-refractivity contribution in [2.45, 2.75) is 19.1 Å². The van der Waals surface area contributed by atoms with Gasteiger partial charge in [0.15, 0.2) is 11.5 Å². The van der Waals surface area contributed by atoms with Gasteiger partial charge in [0.25, 0.3) is 6.47 Å². The fraction of sp³-hybridized carbons (Fsp3) is 0.219. The largest absolute Gasteiger partial charge is 0.508 e. The molecular formula is C32H32N2O5. The number of benzene rings is 4. The molecule has 1 heterocycles. The van der Waals surface area contributed by atoms with Crippen molar-refractivity contribution in [3.8, 4) is 17.2 Å². The van der Waals surface area contributed by atoms with Crippen LogP contribution in [0.25, 0.3) is 21.8 Å². The van der Waals surface area contributed by atoms with Crippen molar-refractivity contribution >= 4 is 28.3 Å². The van der Waals surface area contributed by atoms with Crippen molar-refractivity contribution < 1.29 is 24.1 Å². The molecule has 2 N–H and O–H groups in total. The van der Waals surface area contributed by atoms with Gasteiger partial charge in [-0.25, -0.2) is 0 Å². The van der Waals surface area contributed by atoms with Crippen LogP contribution in [0.4, 0.5) is 0 Å². The Hall–Kier alpha value is -4.49. The average molecular weight is 525 g/mol. The number of carbonyl (C=O) groups is 1. The summed E-state index contributed by atoms with van der Waals surface area (Å²) < 4.78 is 17.1. The maximum Gasteiger partial charge on any atom is 0.293 e. The Morgan fingerprint density at radius 3 is 2.44 bits per heavy atom. The molecule has 7 nitrogen and oxygen atoms in total. The highest BCUT2D eigenvalue weighted by molar-refractivity contribution is 6.08. The molecule has 5 aromatic rings. The minimum Gasteiger partial charge on any atom is -0.508 e. The average Bonchev–Trinajstić information content (AvgIpc) is 3.34. The first-order valence-electron chi connectivity index (χ1n) is 13.0. The zero-order valence-corrected chi connectivity index (χ0v) is 21.9. The normalized spacial score (nSPS) is 12.1. The second kappa shape index (κ2) is 12.4. The number of aromatic hydroxyl groups is 1. The number of fused-ring (bicyclic) bond motifs is 3. The molecule has 0 amide bonds. The minimum atomic E-state index is -0.372. The van der Waals surface area contributed by atoms with Crippen molar-refractivity contribution in [2.75, 3.05) is 26.8 Å². The molecule has 0 fully saturated rings. The number of nitrogens with one attached hydrogen (secondary N) is 1. The van der Waals surface area contributed by atoms with E-state index in [-0.39, 0.29) is 11.9 Å². The van der Waals surface area contributed by atoms with E-state index in [1.54, 1.807) is 19.2 Å². The predicted molar refractivity (Wildman–Crippen MR) is 152 cm³/mol. The second-order valence-corrected chi connectivity index (χ2v) is 9.47. The highest BCUT2D eigenvalue weighted by Gasteiger charge is 2.19. The quantitative estimate of drug-likeness (QED) is 0.192. The number of rotatable bonds is 13. The topological polar surface area (TPSA) is 84.0 Å². The number of aromatic nitrogens is 1. The first-order chi connectivity index (χ1) is 19.1. The number of H-pyrrole nitrogens is 1. The van der Waals surface area contributed by atoms with Crippen molar-refractivity contribution in [3.05, 3.63) is 102 Å². The Kier molecular flexibility index (Phi) is 8.29. The van der Waals surface area contributed by atoms with Gasteiger partial charge in [-0.05, 0) is 41.5 Å². The number of phenols is 1. The third-order valence-electron chi connectivity index (χ3n) is 6.86. The van der Waals surface area contributed by atoms with E-state index in [2.05, 4.69) is 34.1 Å². The number of para-hydroxylation sites is 4. The van der Waals surface area contributed by atoms with Gasteiger partial charge < -0.3 is 24.3 Å². The van der Waals surface area contributed by atoms with Crippen LogP contribution in [-0.4, -0.2) is 54.4 Å². The fourth-order valence-corrected chi connectivity index (χ4v) is 4.99. The van der Waals surface area contributed by atoms with Crippen LogP contribution < -0.4 is 9.47 Å². The second-order valence-electron chi connectivity index (χ2n) is 9.47. The van der Waals surface area contributed by atoms with E-state index in [0.29, 0.717) is 50.6 Å². The lowest BCUT2D eigenvalue weighted by Crippen LogP contribution is -2.37. The van der Waals surface area contributed by atoms with Gasteiger partial charge in [-0.2, -0.15) is 0 Å². The summed E-state index contributed by atoms with van der Waals surface area (Å²) in [6.45, 7) is 2.65. The number of phenolic OH excluding ortho intramolecular Hbond substituents is 1. The summed E-state index contributed by atoms with van der Waals surface area (Å²) in [6.07, 6.45) is 0.186. The summed E-state index contributed by atoms with van der Waals surface area (Å²) >= 11 is 0. The van der Waals surface area contributed by atoms with Crippen molar-refractivity contribution in [1.82, 2.24) is 9.88 Å². The molecular weight excluding hydrogens is 492 g/mol. The van der Waals surface area contributed by atoms with Crippen LogP contribution in [0.2, 0.25) is 0 Å². The Morgan fingerprint density at radius 1 is 0.897 bits per heavy atom. The molecule has 7 heteroatoms. The molecule has 0 bridgehead atoms. The summed E-state index contributed by atoms with van der Waals surface area (Å²) in [6, 6.07) is 29.2. The van der Waals surface area contributed by atoms with Gasteiger partial charge in [0.05, 0.1) is 7.11 Å². The number of hydrogen-bond acceptors (Lipinski definition) is 6. The number of methoxy groups -OCH3 is 1. The molecule has 1 unspecified atom stereocenters. The van der Waals surface area contributed by atoms with Crippen LogP contribution in [0.1, 0.15) is 11.1 Å². The highest BCUT2D eigenvalue weighted by Crippen LogP contribution is 2.29. The molecule has 0 saturated carbocycles. The van der Waals surface area contributed by atoms with Crippen LogP contribution in [0, 0.1) is 0 Å². The van der Waals surface area contributed by atoms with Crippen LogP contribution >= 0.6 is 0 Å². The van der Waals surface area contributed by atoms with Crippen LogP contribution in [0.5, 0.6) is 17.2 Å². The zero-order chi connectivity index (χ0) is 27.0. The third kappa shape index (κ3) is 6.33. The number of nitrogens with zero attached hydrogens (tertiary/aromatic N) is 1. The number of aromatic amines is 1. The Bertz CT molecular complexity index is 1530. The number of ether oxygens (including phenoxy) is 3.